The largest absolute Gasteiger partial charge is 0.473 e. The van der Waals surface area contributed by atoms with Crippen molar-refractivity contribution in [2.75, 3.05) is 6.61 Å². The third kappa shape index (κ3) is 14.4. The molecule has 276 valence electrons. The first-order valence-corrected chi connectivity index (χ1v) is 18.6. The van der Waals surface area contributed by atoms with E-state index in [0.29, 0.717) is 34.9 Å². The molecule has 1 atom stereocenters. The van der Waals surface area contributed by atoms with Gasteiger partial charge in [0.1, 0.15) is 12.4 Å². The molecule has 2 aliphatic heterocycles. The Morgan fingerprint density at radius 1 is 1.08 bits per heavy atom. The highest BCUT2D eigenvalue weighted by atomic mass is 19.1. The first-order valence-electron chi connectivity index (χ1n) is 18.6. The van der Waals surface area contributed by atoms with Crippen molar-refractivity contribution in [2.24, 2.45) is 16.0 Å². The van der Waals surface area contributed by atoms with Crippen LogP contribution in [0.5, 0.6) is 5.88 Å². The van der Waals surface area contributed by atoms with Gasteiger partial charge in [0.25, 0.3) is 0 Å². The van der Waals surface area contributed by atoms with E-state index in [1.54, 1.807) is 18.2 Å². The maximum atomic E-state index is 13.9. The predicted molar refractivity (Wildman–Crippen MR) is 205 cm³/mol. The zero-order valence-electron chi connectivity index (χ0n) is 31.7. The molecule has 51 heavy (non-hydrogen) atoms. The summed E-state index contributed by atoms with van der Waals surface area (Å²) in [5.74, 6) is 1.94. The molecule has 0 saturated carbocycles. The molecule has 0 radical (unpaired) electrons. The number of aliphatic imine (C=N–C) groups is 1. The minimum Gasteiger partial charge on any atom is -0.473 e. The highest BCUT2D eigenvalue weighted by Gasteiger charge is 2.16. The van der Waals surface area contributed by atoms with Crippen molar-refractivity contribution in [1.29, 1.82) is 5.26 Å². The number of hydrazine groups is 2. The molecular weight excluding hydrogens is 641 g/mol. The minimum atomic E-state index is -0.431. The number of nitriles is 1. The molecule has 2 aromatic carbocycles. The van der Waals surface area contributed by atoms with Gasteiger partial charge < -0.3 is 9.47 Å². The number of hydrogen-bond donors (Lipinski definition) is 3. The number of nitrogens with zero attached hydrogens (tertiary/aromatic N) is 4. The summed E-state index contributed by atoms with van der Waals surface area (Å²) in [5, 5.41) is 12.9. The van der Waals surface area contributed by atoms with Crippen LogP contribution in [-0.4, -0.2) is 29.2 Å². The number of nitrogens with one attached hydrogen (secondary N) is 3. The summed E-state index contributed by atoms with van der Waals surface area (Å²) in [5.41, 5.74) is 14.5. The maximum Gasteiger partial charge on any atom is 0.213 e. The van der Waals surface area contributed by atoms with Crippen LogP contribution in [0.15, 0.2) is 64.7 Å². The highest BCUT2D eigenvalue weighted by Crippen LogP contribution is 2.27. The lowest BCUT2D eigenvalue weighted by molar-refractivity contribution is -0.0553. The summed E-state index contributed by atoms with van der Waals surface area (Å²) in [4.78, 5) is 9.28. The van der Waals surface area contributed by atoms with Gasteiger partial charge in [0.15, 0.2) is 5.84 Å². The fraction of sp³-hybridized carbons (Fsp3) is 0.512. The summed E-state index contributed by atoms with van der Waals surface area (Å²) >= 11 is 0. The Hall–Kier alpha value is -4.33. The van der Waals surface area contributed by atoms with Crippen LogP contribution in [0.2, 0.25) is 0 Å². The van der Waals surface area contributed by atoms with Gasteiger partial charge in [-0.1, -0.05) is 72.4 Å². The lowest BCUT2D eigenvalue weighted by Gasteiger charge is -2.25. The minimum absolute atomic E-state index is 0.0974. The SMILES string of the molecule is CC(CC(C)C)=Nc1ccc(C2=NNNN2)cc1C.CCCC(CCC)c1cccc(OCc2ccc(C#N)cc2F)n1.CCCCC1CCO1. The molecule has 3 aromatic rings. The number of rotatable bonds is 15. The molecule has 10 heteroatoms. The van der Waals surface area contributed by atoms with Gasteiger partial charge in [-0.2, -0.15) is 5.26 Å². The van der Waals surface area contributed by atoms with E-state index in [2.05, 4.69) is 81.1 Å². The fourth-order valence-electron chi connectivity index (χ4n) is 5.81. The van der Waals surface area contributed by atoms with E-state index in [0.717, 1.165) is 67.1 Å². The second-order valence-corrected chi connectivity index (χ2v) is 13.6. The van der Waals surface area contributed by atoms with Crippen molar-refractivity contribution in [1.82, 2.24) is 21.5 Å². The van der Waals surface area contributed by atoms with Crippen molar-refractivity contribution in [2.45, 2.75) is 125 Å². The fourth-order valence-corrected chi connectivity index (χ4v) is 5.81. The lowest BCUT2D eigenvalue weighted by Crippen LogP contribution is -2.35. The summed E-state index contributed by atoms with van der Waals surface area (Å²) in [6.45, 7) is 16.3. The molecule has 0 bridgehead atoms. The van der Waals surface area contributed by atoms with E-state index in [9.17, 15) is 4.39 Å². The molecule has 5 rings (SSSR count). The molecule has 1 aromatic heterocycles. The van der Waals surface area contributed by atoms with E-state index in [1.807, 2.05) is 30.3 Å². The number of unbranched alkanes of at least 4 members (excludes halogenated alkanes) is 1. The molecule has 3 heterocycles. The number of benzene rings is 2. The first kappa shape index (κ1) is 41.1. The van der Waals surface area contributed by atoms with Gasteiger partial charge in [-0.25, -0.2) is 14.9 Å². The average Bonchev–Trinajstić information content (AvgIpc) is 3.64. The molecule has 0 amide bonds. The zero-order chi connectivity index (χ0) is 37.0. The number of pyridine rings is 1. The number of amidine groups is 1. The van der Waals surface area contributed by atoms with Gasteiger partial charge in [0.2, 0.25) is 5.88 Å². The molecule has 1 unspecified atom stereocenters. The van der Waals surface area contributed by atoms with Crippen molar-refractivity contribution < 1.29 is 13.9 Å². The summed E-state index contributed by atoms with van der Waals surface area (Å²) < 4.78 is 24.8. The zero-order valence-corrected chi connectivity index (χ0v) is 31.7. The topological polar surface area (TPSA) is 116 Å². The molecular formula is C41H58FN7O2. The average molecular weight is 700 g/mol. The molecule has 3 N–H and O–H groups in total. The predicted octanol–water partition coefficient (Wildman–Crippen LogP) is 9.73. The standard InChI is InChI=1S/C20H23FN2O.C14H21N5.C7H14O/c1-3-6-16(7-4-2)19-8-5-9-20(23-19)24-14-17-11-10-15(13-22)12-18(17)21;1-9(2)7-11(4)15-13-6-5-12(8-10(13)3)14-16-18-19-17-14;1-2-3-4-7-5-6-8-7/h5,8-12,16H,3-4,6-7,14H2,1-2H3;5-6,8-9,18-19H,7H2,1-4H3,(H,16,17);7H,2-6H2,1H3. The summed E-state index contributed by atoms with van der Waals surface area (Å²) in [7, 11) is 0. The Balaban J connectivity index is 0.000000230. The molecule has 2 aliphatic rings. The molecule has 0 spiro atoms. The van der Waals surface area contributed by atoms with Crippen LogP contribution in [-0.2, 0) is 11.3 Å². The Bertz CT molecular complexity index is 1590. The second-order valence-electron chi connectivity index (χ2n) is 13.6. The van der Waals surface area contributed by atoms with Gasteiger partial charge in [-0.05, 0) is 93.8 Å². The number of hydrogen-bond acceptors (Lipinski definition) is 9. The highest BCUT2D eigenvalue weighted by molar-refractivity contribution is 5.99. The molecule has 0 aliphatic carbocycles. The van der Waals surface area contributed by atoms with Crippen LogP contribution < -0.4 is 21.2 Å². The Labute approximate surface area is 305 Å². The number of halogens is 1. The van der Waals surface area contributed by atoms with E-state index in [-0.39, 0.29) is 6.61 Å². The van der Waals surface area contributed by atoms with Crippen molar-refractivity contribution >= 4 is 17.2 Å². The third-order valence-corrected chi connectivity index (χ3v) is 8.56. The number of ether oxygens (including phenoxy) is 2. The van der Waals surface area contributed by atoms with Crippen LogP contribution in [0.25, 0.3) is 0 Å². The smallest absolute Gasteiger partial charge is 0.213 e. The molecule has 9 nitrogen and oxygen atoms in total. The Kier molecular flexibility index (Phi) is 18.1. The van der Waals surface area contributed by atoms with Crippen LogP contribution in [0.4, 0.5) is 10.1 Å². The number of aromatic nitrogens is 1. The lowest BCUT2D eigenvalue weighted by atomic mass is 9.94. The van der Waals surface area contributed by atoms with Crippen LogP contribution >= 0.6 is 0 Å². The summed E-state index contributed by atoms with van der Waals surface area (Å²) in [6.07, 6.45) is 11.4. The maximum absolute atomic E-state index is 13.9. The van der Waals surface area contributed by atoms with E-state index in [1.165, 1.54) is 37.5 Å². The summed E-state index contributed by atoms with van der Waals surface area (Å²) in [6, 6.07) is 18.2. The van der Waals surface area contributed by atoms with E-state index < -0.39 is 5.82 Å². The van der Waals surface area contributed by atoms with Gasteiger partial charge in [-0.3, -0.25) is 10.4 Å². The molecule has 1 saturated heterocycles. The van der Waals surface area contributed by atoms with Crippen LogP contribution in [0.1, 0.15) is 133 Å². The Morgan fingerprint density at radius 3 is 2.41 bits per heavy atom. The van der Waals surface area contributed by atoms with Crippen LogP contribution in [0.3, 0.4) is 0 Å². The van der Waals surface area contributed by atoms with Crippen molar-refractivity contribution in [3.05, 3.63) is 88.4 Å². The monoisotopic (exact) mass is 699 g/mol. The first-order chi connectivity index (χ1) is 24.7. The number of hydrazone groups is 1. The van der Waals surface area contributed by atoms with Crippen molar-refractivity contribution in [3.63, 3.8) is 0 Å². The van der Waals surface area contributed by atoms with Crippen molar-refractivity contribution in [3.8, 4) is 11.9 Å². The normalized spacial score (nSPS) is 15.0. The third-order valence-electron chi connectivity index (χ3n) is 8.56. The number of aryl methyl sites for hydroxylation is 1. The van der Waals surface area contributed by atoms with E-state index in [4.69, 9.17) is 19.7 Å². The Morgan fingerprint density at radius 2 is 1.84 bits per heavy atom. The second kappa shape index (κ2) is 22.5. The van der Waals surface area contributed by atoms with Gasteiger partial charge >= 0.3 is 0 Å². The van der Waals surface area contributed by atoms with Crippen LogP contribution in [0, 0.1) is 30.0 Å². The quantitative estimate of drug-likeness (QED) is 0.135. The molecule has 1 fully saturated rings. The van der Waals surface area contributed by atoms with Gasteiger partial charge in [0.05, 0.1) is 23.4 Å². The van der Waals surface area contributed by atoms with Gasteiger partial charge in [0, 0.05) is 41.1 Å². The van der Waals surface area contributed by atoms with Gasteiger partial charge in [-0.15, -0.1) is 10.6 Å². The van der Waals surface area contributed by atoms with E-state index >= 15 is 0 Å².